The Morgan fingerprint density at radius 1 is 1.89 bits per heavy atom. The molecule has 0 atom stereocenters. The van der Waals surface area contributed by atoms with Crippen molar-refractivity contribution in [1.82, 2.24) is 0 Å². The lowest BCUT2D eigenvalue weighted by Crippen LogP contribution is -2.73. The summed E-state index contributed by atoms with van der Waals surface area (Å²) in [6, 6.07) is 0. The Balaban J connectivity index is 2.42. The van der Waals surface area contributed by atoms with E-state index in [0.717, 1.165) is 10.1 Å². The Bertz CT molecular complexity index is 155. The summed E-state index contributed by atoms with van der Waals surface area (Å²) >= 11 is 3.28. The average Bonchev–Trinajstić information content (AvgIpc) is 2.17. The largest absolute Gasteiger partial charge is 0.397 e. The molecule has 1 aliphatic heterocycles. The molecule has 0 saturated carbocycles. The minimum Gasteiger partial charge on any atom is -0.219 e. The summed E-state index contributed by atoms with van der Waals surface area (Å²) in [7, 11) is 0. The van der Waals surface area contributed by atoms with Gasteiger partial charge in [0.05, 0.1) is 0 Å². The van der Waals surface area contributed by atoms with Crippen LogP contribution in [0.4, 0.5) is 0 Å². The van der Waals surface area contributed by atoms with E-state index in [0.29, 0.717) is 5.75 Å². The van der Waals surface area contributed by atoms with Crippen molar-refractivity contribution < 1.29 is 9.79 Å². The summed E-state index contributed by atoms with van der Waals surface area (Å²) in [6.07, 6.45) is 0. The molecule has 0 aromatic rings. The van der Waals surface area contributed by atoms with Crippen LogP contribution in [0.25, 0.3) is 0 Å². The van der Waals surface area contributed by atoms with Crippen LogP contribution in [0.3, 0.4) is 0 Å². The van der Waals surface area contributed by atoms with Crippen LogP contribution >= 0.6 is 23.5 Å². The summed E-state index contributed by atoms with van der Waals surface area (Å²) in [6.45, 7) is 2.07. The Kier molecular flexibility index (Phi) is 2.60. The fraction of sp³-hybridized carbons (Fsp3) is 0.600. The van der Waals surface area contributed by atoms with Gasteiger partial charge in [-0.2, -0.15) is 4.99 Å². The first-order valence-corrected chi connectivity index (χ1v) is 4.72. The molecule has 0 spiro atoms. The summed E-state index contributed by atoms with van der Waals surface area (Å²) < 4.78 is 1.06. The Morgan fingerprint density at radius 2 is 2.67 bits per heavy atom. The predicted octanol–water partition coefficient (Wildman–Crippen LogP) is -0.550. The van der Waals surface area contributed by atoms with E-state index in [2.05, 4.69) is 11.9 Å². The molecular weight excluding hydrogens is 154 g/mol. The molecule has 9 heavy (non-hydrogen) atoms. The van der Waals surface area contributed by atoms with Crippen LogP contribution in [0.2, 0.25) is 0 Å². The fourth-order valence-corrected chi connectivity index (χ4v) is 2.36. The highest BCUT2D eigenvalue weighted by Gasteiger charge is 2.21. The van der Waals surface area contributed by atoms with E-state index in [4.69, 9.17) is 0 Å². The van der Waals surface area contributed by atoms with Crippen molar-refractivity contribution in [1.29, 1.82) is 0 Å². The Hall–Kier alpha value is 0.0400. The molecule has 1 N–H and O–H groups in total. The molecule has 0 aromatic carbocycles. The third-order valence-electron chi connectivity index (χ3n) is 0.851. The lowest BCUT2D eigenvalue weighted by Gasteiger charge is -1.82. The van der Waals surface area contributed by atoms with Crippen molar-refractivity contribution in [3.63, 3.8) is 0 Å². The zero-order valence-electron chi connectivity index (χ0n) is 5.14. The molecule has 4 heteroatoms. The zero-order chi connectivity index (χ0) is 6.69. The van der Waals surface area contributed by atoms with Crippen LogP contribution in [-0.2, 0) is 4.79 Å². The predicted molar refractivity (Wildman–Crippen MR) is 41.6 cm³/mol. The first-order chi connectivity index (χ1) is 4.33. The highest BCUT2D eigenvalue weighted by Crippen LogP contribution is 2.13. The molecule has 0 bridgehead atoms. The van der Waals surface area contributed by atoms with Gasteiger partial charge in [0.2, 0.25) is 0 Å². The maximum atomic E-state index is 10.6. The molecule has 2 nitrogen and oxygen atoms in total. The van der Waals surface area contributed by atoms with E-state index in [-0.39, 0.29) is 5.91 Å². The van der Waals surface area contributed by atoms with Gasteiger partial charge in [-0.15, -0.1) is 0 Å². The normalized spacial score (nSPS) is 18.3. The van der Waals surface area contributed by atoms with Gasteiger partial charge < -0.3 is 0 Å². The zero-order valence-corrected chi connectivity index (χ0v) is 6.77. The minimum atomic E-state index is 0.135. The highest BCUT2D eigenvalue weighted by molar-refractivity contribution is 8.38. The molecule has 0 aromatic heterocycles. The van der Waals surface area contributed by atoms with E-state index in [9.17, 15) is 4.79 Å². The van der Waals surface area contributed by atoms with Crippen LogP contribution in [0.15, 0.2) is 0 Å². The molecule has 50 valence electrons. The number of rotatable bonds is 1. The van der Waals surface area contributed by atoms with Crippen molar-refractivity contribution >= 4 is 33.8 Å². The molecule has 0 saturated heterocycles. The van der Waals surface area contributed by atoms with Gasteiger partial charge in [-0.1, -0.05) is 6.92 Å². The highest BCUT2D eigenvalue weighted by atomic mass is 32.2. The SMILES string of the molecule is CCSC1=[NH+]C(=O)CS1. The number of thioether (sulfide) groups is 2. The monoisotopic (exact) mass is 162 g/mol. The van der Waals surface area contributed by atoms with Gasteiger partial charge in [0.25, 0.3) is 4.38 Å². The molecule has 1 heterocycles. The lowest BCUT2D eigenvalue weighted by molar-refractivity contribution is -0.366. The second-order valence-corrected chi connectivity index (χ2v) is 4.08. The number of amides is 1. The number of nitrogens with one attached hydrogen (secondary N) is 1. The van der Waals surface area contributed by atoms with Crippen molar-refractivity contribution in [2.24, 2.45) is 0 Å². The van der Waals surface area contributed by atoms with Gasteiger partial charge in [-0.25, -0.2) is 4.79 Å². The van der Waals surface area contributed by atoms with E-state index in [1.54, 1.807) is 23.5 Å². The number of hydrogen-bond acceptors (Lipinski definition) is 3. The van der Waals surface area contributed by atoms with Crippen molar-refractivity contribution in [2.45, 2.75) is 6.92 Å². The molecule has 0 aliphatic carbocycles. The molecule has 0 radical (unpaired) electrons. The molecule has 0 fully saturated rings. The molecule has 0 unspecified atom stereocenters. The summed E-state index contributed by atoms with van der Waals surface area (Å²) in [5.74, 6) is 1.77. The van der Waals surface area contributed by atoms with Crippen LogP contribution < -0.4 is 4.99 Å². The van der Waals surface area contributed by atoms with Gasteiger partial charge in [0.1, 0.15) is 5.75 Å². The van der Waals surface area contributed by atoms with Crippen molar-refractivity contribution in [3.8, 4) is 0 Å². The third-order valence-corrected chi connectivity index (χ3v) is 2.98. The second-order valence-electron chi connectivity index (χ2n) is 1.56. The minimum absolute atomic E-state index is 0.135. The first-order valence-electron chi connectivity index (χ1n) is 2.75. The van der Waals surface area contributed by atoms with Gasteiger partial charge in [-0.3, -0.25) is 0 Å². The maximum absolute atomic E-state index is 10.6. The average molecular weight is 162 g/mol. The van der Waals surface area contributed by atoms with E-state index in [1.165, 1.54) is 0 Å². The quantitative estimate of drug-likeness (QED) is 0.561. The van der Waals surface area contributed by atoms with Crippen LogP contribution in [0.5, 0.6) is 0 Å². The molecular formula is C5H8NOS2+. The summed E-state index contributed by atoms with van der Waals surface area (Å²) in [5, 5.41) is 0. The first kappa shape index (κ1) is 7.15. The molecule has 1 aliphatic rings. The van der Waals surface area contributed by atoms with E-state index < -0.39 is 0 Å². The summed E-state index contributed by atoms with van der Waals surface area (Å²) in [4.78, 5) is 13.3. The van der Waals surface area contributed by atoms with Crippen LogP contribution in [-0.4, -0.2) is 21.8 Å². The maximum Gasteiger partial charge on any atom is 0.397 e. The number of hydrogen-bond donors (Lipinski definition) is 1. The van der Waals surface area contributed by atoms with Gasteiger partial charge >= 0.3 is 5.91 Å². The topological polar surface area (TPSA) is 31.0 Å². The Morgan fingerprint density at radius 3 is 3.11 bits per heavy atom. The van der Waals surface area contributed by atoms with Gasteiger partial charge in [0, 0.05) is 5.75 Å². The fourth-order valence-electron chi connectivity index (χ4n) is 0.526. The van der Waals surface area contributed by atoms with Crippen LogP contribution in [0.1, 0.15) is 6.92 Å². The van der Waals surface area contributed by atoms with Gasteiger partial charge in [0.15, 0.2) is 0 Å². The van der Waals surface area contributed by atoms with Crippen LogP contribution in [0, 0.1) is 0 Å². The second kappa shape index (κ2) is 3.27. The smallest absolute Gasteiger partial charge is 0.219 e. The van der Waals surface area contributed by atoms with E-state index in [1.807, 2.05) is 0 Å². The molecule has 1 rings (SSSR count). The standard InChI is InChI=1S/C5H7NOS2/c1-2-8-5-6-4(7)3-9-5/h2-3H2,1H3/p+1. The van der Waals surface area contributed by atoms with Crippen molar-refractivity contribution in [3.05, 3.63) is 0 Å². The lowest BCUT2D eigenvalue weighted by atomic mass is 10.8. The Labute approximate surface area is 62.5 Å². The van der Waals surface area contributed by atoms with Crippen molar-refractivity contribution in [2.75, 3.05) is 11.5 Å². The third kappa shape index (κ3) is 2.02. The number of carbonyl (C=O) groups is 1. The number of carbonyl (C=O) groups excluding carboxylic acids is 1. The van der Waals surface area contributed by atoms with Gasteiger partial charge in [-0.05, 0) is 23.5 Å². The van der Waals surface area contributed by atoms with E-state index >= 15 is 0 Å². The summed E-state index contributed by atoms with van der Waals surface area (Å²) in [5.41, 5.74) is 0. The molecule has 1 amide bonds.